The zero-order valence-corrected chi connectivity index (χ0v) is 14.8. The summed E-state index contributed by atoms with van der Waals surface area (Å²) in [6, 6.07) is 9.90. The van der Waals surface area contributed by atoms with E-state index in [4.69, 9.17) is 32.7 Å². The summed E-state index contributed by atoms with van der Waals surface area (Å²) in [5.41, 5.74) is 0.266. The van der Waals surface area contributed by atoms with Gasteiger partial charge in [-0.1, -0.05) is 46.1 Å². The Hall–Kier alpha value is -1.23. The lowest BCUT2D eigenvalue weighted by Gasteiger charge is -2.11. The molecule has 0 bridgehead atoms. The topological polar surface area (TPSA) is 35.5 Å². The molecule has 3 nitrogen and oxygen atoms in total. The second kappa shape index (κ2) is 7.86. The van der Waals surface area contributed by atoms with Crippen molar-refractivity contribution in [3.05, 3.63) is 56.5 Å². The zero-order valence-electron chi connectivity index (χ0n) is 11.7. The summed E-state index contributed by atoms with van der Waals surface area (Å²) in [5.74, 6) is 0.283. The first-order valence-corrected chi connectivity index (χ1v) is 8.15. The van der Waals surface area contributed by atoms with Gasteiger partial charge in [0.1, 0.15) is 5.75 Å². The predicted octanol–water partition coefficient (Wildman–Crippen LogP) is 5.76. The highest BCUT2D eigenvalue weighted by molar-refractivity contribution is 9.10. The second-order valence-corrected chi connectivity index (χ2v) is 6.19. The number of rotatable bonds is 5. The highest BCUT2D eigenvalue weighted by Crippen LogP contribution is 2.34. The van der Waals surface area contributed by atoms with Gasteiger partial charge in [-0.3, -0.25) is 0 Å². The van der Waals surface area contributed by atoms with Crippen molar-refractivity contribution in [2.75, 3.05) is 6.61 Å². The van der Waals surface area contributed by atoms with Crippen molar-refractivity contribution in [2.45, 2.75) is 13.3 Å². The number of esters is 1. The summed E-state index contributed by atoms with van der Waals surface area (Å²) in [6.45, 7) is 2.48. The summed E-state index contributed by atoms with van der Waals surface area (Å²) >= 11 is 15.5. The molecule has 6 heteroatoms. The van der Waals surface area contributed by atoms with Crippen molar-refractivity contribution in [1.82, 2.24) is 0 Å². The summed E-state index contributed by atoms with van der Waals surface area (Å²) in [5, 5.41) is 0.562. The molecule has 0 aliphatic carbocycles. The van der Waals surface area contributed by atoms with Crippen LogP contribution in [0.15, 0.2) is 40.9 Å². The van der Waals surface area contributed by atoms with Gasteiger partial charge in [-0.25, -0.2) is 4.79 Å². The van der Waals surface area contributed by atoms with Crippen LogP contribution in [-0.2, 0) is 0 Å². The largest absolute Gasteiger partial charge is 0.490 e. The standard InChI is InChI=1S/C16H13BrCl2O3/c1-2-7-21-15-13(18)8-10(9-14(15)19)16(20)22-12-5-3-11(17)4-6-12/h3-6,8-9H,2,7H2,1H3. The number of hydrogen-bond donors (Lipinski definition) is 0. The fourth-order valence-corrected chi connectivity index (χ4v) is 2.55. The minimum absolute atomic E-state index is 0.266. The van der Waals surface area contributed by atoms with Crippen molar-refractivity contribution in [2.24, 2.45) is 0 Å². The van der Waals surface area contributed by atoms with E-state index < -0.39 is 5.97 Å². The van der Waals surface area contributed by atoms with Crippen LogP contribution in [0.25, 0.3) is 0 Å². The normalized spacial score (nSPS) is 10.4. The van der Waals surface area contributed by atoms with Crippen molar-refractivity contribution in [3.8, 4) is 11.5 Å². The molecule has 0 saturated carbocycles. The maximum Gasteiger partial charge on any atom is 0.343 e. The van der Waals surface area contributed by atoms with Crippen molar-refractivity contribution in [3.63, 3.8) is 0 Å². The highest BCUT2D eigenvalue weighted by atomic mass is 79.9. The second-order valence-electron chi connectivity index (χ2n) is 4.46. The molecule has 22 heavy (non-hydrogen) atoms. The molecular formula is C16H13BrCl2O3. The van der Waals surface area contributed by atoms with E-state index in [0.29, 0.717) is 18.1 Å². The summed E-state index contributed by atoms with van der Waals surface area (Å²) < 4.78 is 11.6. The molecule has 0 amide bonds. The first-order chi connectivity index (χ1) is 10.5. The Morgan fingerprint density at radius 2 is 1.73 bits per heavy atom. The molecule has 2 aromatic rings. The van der Waals surface area contributed by atoms with Crippen LogP contribution in [0.3, 0.4) is 0 Å². The minimum atomic E-state index is -0.534. The van der Waals surface area contributed by atoms with Gasteiger partial charge in [0, 0.05) is 4.47 Å². The Bertz CT molecular complexity index is 649. The van der Waals surface area contributed by atoms with Crippen LogP contribution in [0.2, 0.25) is 10.0 Å². The van der Waals surface area contributed by atoms with Crippen molar-refractivity contribution in [1.29, 1.82) is 0 Å². The van der Waals surface area contributed by atoms with E-state index in [1.807, 2.05) is 6.92 Å². The van der Waals surface area contributed by atoms with E-state index in [-0.39, 0.29) is 15.6 Å². The van der Waals surface area contributed by atoms with E-state index in [9.17, 15) is 4.79 Å². The van der Waals surface area contributed by atoms with Crippen LogP contribution in [0.4, 0.5) is 0 Å². The van der Waals surface area contributed by atoms with E-state index in [1.54, 1.807) is 24.3 Å². The lowest BCUT2D eigenvalue weighted by atomic mass is 10.2. The van der Waals surface area contributed by atoms with Gasteiger partial charge in [-0.15, -0.1) is 0 Å². The maximum absolute atomic E-state index is 12.1. The molecule has 0 aliphatic rings. The SMILES string of the molecule is CCCOc1c(Cl)cc(C(=O)Oc2ccc(Br)cc2)cc1Cl. The molecule has 2 rings (SSSR count). The Labute approximate surface area is 147 Å². The number of ether oxygens (including phenoxy) is 2. The molecule has 0 saturated heterocycles. The molecule has 0 N–H and O–H groups in total. The Morgan fingerprint density at radius 1 is 1.14 bits per heavy atom. The molecule has 0 fully saturated rings. The number of carbonyl (C=O) groups excluding carboxylic acids is 1. The molecule has 0 radical (unpaired) electrons. The molecule has 116 valence electrons. The van der Waals surface area contributed by atoms with E-state index in [2.05, 4.69) is 15.9 Å². The van der Waals surface area contributed by atoms with Gasteiger partial charge in [0.15, 0.2) is 5.75 Å². The Kier molecular flexibility index (Phi) is 6.12. The molecule has 2 aromatic carbocycles. The zero-order chi connectivity index (χ0) is 16.1. The third kappa shape index (κ3) is 4.38. The maximum atomic E-state index is 12.1. The van der Waals surface area contributed by atoms with Crippen LogP contribution in [-0.4, -0.2) is 12.6 Å². The van der Waals surface area contributed by atoms with Crippen LogP contribution in [0, 0.1) is 0 Å². The number of carbonyl (C=O) groups is 1. The lowest BCUT2D eigenvalue weighted by molar-refractivity contribution is 0.0734. The fourth-order valence-electron chi connectivity index (χ4n) is 1.69. The van der Waals surface area contributed by atoms with Crippen LogP contribution < -0.4 is 9.47 Å². The lowest BCUT2D eigenvalue weighted by Crippen LogP contribution is -2.09. The molecule has 0 spiro atoms. The summed E-state index contributed by atoms with van der Waals surface area (Å²) in [6.07, 6.45) is 0.833. The van der Waals surface area contributed by atoms with Crippen LogP contribution in [0.1, 0.15) is 23.7 Å². The Balaban J connectivity index is 2.18. The summed E-state index contributed by atoms with van der Waals surface area (Å²) in [4.78, 5) is 12.1. The molecule has 0 atom stereocenters. The monoisotopic (exact) mass is 402 g/mol. The van der Waals surface area contributed by atoms with Gasteiger partial charge in [0.25, 0.3) is 0 Å². The fraction of sp³-hybridized carbons (Fsp3) is 0.188. The minimum Gasteiger partial charge on any atom is -0.490 e. The predicted molar refractivity (Wildman–Crippen MR) is 91.3 cm³/mol. The highest BCUT2D eigenvalue weighted by Gasteiger charge is 2.15. The van der Waals surface area contributed by atoms with Gasteiger partial charge < -0.3 is 9.47 Å². The molecule has 0 aliphatic heterocycles. The van der Waals surface area contributed by atoms with Gasteiger partial charge in [0.05, 0.1) is 22.2 Å². The van der Waals surface area contributed by atoms with Gasteiger partial charge in [-0.2, -0.15) is 0 Å². The van der Waals surface area contributed by atoms with Crippen LogP contribution >= 0.6 is 39.1 Å². The third-order valence-electron chi connectivity index (χ3n) is 2.71. The molecular weight excluding hydrogens is 391 g/mol. The first-order valence-electron chi connectivity index (χ1n) is 6.61. The van der Waals surface area contributed by atoms with E-state index in [0.717, 1.165) is 10.9 Å². The smallest absolute Gasteiger partial charge is 0.343 e. The van der Waals surface area contributed by atoms with Gasteiger partial charge in [-0.05, 0) is 42.8 Å². The average molecular weight is 404 g/mol. The van der Waals surface area contributed by atoms with E-state index in [1.165, 1.54) is 12.1 Å². The molecule has 0 aromatic heterocycles. The number of hydrogen-bond acceptors (Lipinski definition) is 3. The first kappa shape index (κ1) is 17.1. The molecule has 0 unspecified atom stereocenters. The van der Waals surface area contributed by atoms with E-state index >= 15 is 0 Å². The Morgan fingerprint density at radius 3 is 2.27 bits per heavy atom. The average Bonchev–Trinajstić information content (AvgIpc) is 2.48. The quantitative estimate of drug-likeness (QED) is 0.470. The van der Waals surface area contributed by atoms with Gasteiger partial charge >= 0.3 is 5.97 Å². The number of halogens is 3. The van der Waals surface area contributed by atoms with Crippen molar-refractivity contribution < 1.29 is 14.3 Å². The van der Waals surface area contributed by atoms with Gasteiger partial charge in [0.2, 0.25) is 0 Å². The van der Waals surface area contributed by atoms with Crippen molar-refractivity contribution >= 4 is 45.1 Å². The number of benzene rings is 2. The molecule has 0 heterocycles. The summed E-state index contributed by atoms with van der Waals surface area (Å²) in [7, 11) is 0. The van der Waals surface area contributed by atoms with Crippen LogP contribution in [0.5, 0.6) is 11.5 Å². The third-order valence-corrected chi connectivity index (χ3v) is 3.80.